The lowest BCUT2D eigenvalue weighted by Gasteiger charge is -2.50. The number of benzene rings is 2. The largest absolute Gasteiger partial charge is 0.490 e. The monoisotopic (exact) mass is 472 g/mol. The highest BCUT2D eigenvalue weighted by Gasteiger charge is 2.61. The van der Waals surface area contributed by atoms with Gasteiger partial charge in [-0.05, 0) is 62.6 Å². The first-order valence-corrected chi connectivity index (χ1v) is 12.0. The fraction of sp³-hybridized carbons (Fsp3) is 0.455. The van der Waals surface area contributed by atoms with Crippen LogP contribution in [-0.2, 0) is 19.3 Å². The summed E-state index contributed by atoms with van der Waals surface area (Å²) in [5, 5.41) is 10.1. The van der Waals surface area contributed by atoms with E-state index in [1.54, 1.807) is 6.92 Å². The molecule has 2 heterocycles. The summed E-state index contributed by atoms with van der Waals surface area (Å²) < 4.78 is 67.6. The van der Waals surface area contributed by atoms with Crippen LogP contribution in [0, 0.1) is 17.6 Å². The fourth-order valence-electron chi connectivity index (χ4n) is 4.74. The molecular formula is C22H23ClF2O5S. The lowest BCUT2D eigenvalue weighted by atomic mass is 9.74. The standard InChI is InChI=1S/C22H23ClF2O5S/c1-13(26)2-9-19-16-12-30-21-18(25)8-7-17(24)20(21)22(16,10-11-29-19)31(27,28)15-5-3-14(23)4-6-15/h3-8,13,16,19,26H,2,9-12H2,1H3/t13-,16?,19?,22+/m1/s1. The first-order chi connectivity index (χ1) is 14.7. The Labute approximate surface area is 184 Å². The van der Waals surface area contributed by atoms with Crippen molar-refractivity contribution in [1.29, 1.82) is 0 Å². The Hall–Kier alpha value is -1.74. The van der Waals surface area contributed by atoms with E-state index in [0.29, 0.717) is 17.9 Å². The molecule has 2 aliphatic rings. The van der Waals surface area contributed by atoms with Crippen molar-refractivity contribution in [3.8, 4) is 5.75 Å². The van der Waals surface area contributed by atoms with Crippen LogP contribution in [-0.4, -0.2) is 38.9 Å². The van der Waals surface area contributed by atoms with Crippen molar-refractivity contribution in [2.24, 2.45) is 5.92 Å². The van der Waals surface area contributed by atoms with Crippen molar-refractivity contribution < 1.29 is 31.8 Å². The number of halogens is 3. The Morgan fingerprint density at radius 2 is 1.87 bits per heavy atom. The third kappa shape index (κ3) is 3.63. The Kier molecular flexibility index (Phi) is 6.02. The Bertz CT molecular complexity index is 1070. The highest BCUT2D eigenvalue weighted by Crippen LogP contribution is 2.56. The quantitative estimate of drug-likeness (QED) is 0.704. The maximum Gasteiger partial charge on any atom is 0.189 e. The lowest BCUT2D eigenvalue weighted by Crippen LogP contribution is -2.57. The molecule has 0 saturated carbocycles. The number of fused-ring (bicyclic) bond motifs is 3. The molecule has 0 bridgehead atoms. The molecule has 4 rings (SSSR count). The molecule has 1 fully saturated rings. The first-order valence-electron chi connectivity index (χ1n) is 10.1. The maximum atomic E-state index is 15.2. The van der Waals surface area contributed by atoms with E-state index in [-0.39, 0.29) is 35.8 Å². The molecule has 2 aromatic carbocycles. The number of hydrogen-bond acceptors (Lipinski definition) is 5. The average Bonchev–Trinajstić information content (AvgIpc) is 2.74. The number of aliphatic hydroxyl groups is 1. The topological polar surface area (TPSA) is 72.8 Å². The van der Waals surface area contributed by atoms with Crippen molar-refractivity contribution in [1.82, 2.24) is 0 Å². The van der Waals surface area contributed by atoms with E-state index in [9.17, 15) is 17.9 Å². The SMILES string of the molecule is C[C@@H](O)CCC1OCC[C@@]2(S(=O)(=O)c3ccc(Cl)cc3)c3c(F)ccc(F)c3OCC12. The highest BCUT2D eigenvalue weighted by atomic mass is 35.5. The number of sulfone groups is 1. The van der Waals surface area contributed by atoms with Gasteiger partial charge in [0.1, 0.15) is 10.6 Å². The predicted molar refractivity (Wildman–Crippen MR) is 111 cm³/mol. The van der Waals surface area contributed by atoms with Crippen LogP contribution in [0.5, 0.6) is 5.75 Å². The molecule has 1 saturated heterocycles. The van der Waals surface area contributed by atoms with Gasteiger partial charge < -0.3 is 14.6 Å². The number of rotatable bonds is 5. The lowest BCUT2D eigenvalue weighted by molar-refractivity contribution is -0.0795. The predicted octanol–water partition coefficient (Wildman–Crippen LogP) is 4.25. The molecule has 0 spiro atoms. The second-order valence-corrected chi connectivity index (χ2v) is 10.7. The molecule has 0 aromatic heterocycles. The minimum Gasteiger partial charge on any atom is -0.490 e. The Morgan fingerprint density at radius 3 is 2.55 bits per heavy atom. The Morgan fingerprint density at radius 1 is 1.19 bits per heavy atom. The van der Waals surface area contributed by atoms with Gasteiger partial charge in [0.2, 0.25) is 0 Å². The van der Waals surface area contributed by atoms with E-state index >= 15 is 4.39 Å². The van der Waals surface area contributed by atoms with Gasteiger partial charge in [0.05, 0.1) is 29.3 Å². The van der Waals surface area contributed by atoms with Crippen molar-refractivity contribution in [3.63, 3.8) is 0 Å². The molecule has 2 aromatic rings. The molecule has 1 N–H and O–H groups in total. The van der Waals surface area contributed by atoms with E-state index in [1.165, 1.54) is 24.3 Å². The van der Waals surface area contributed by atoms with Crippen LogP contribution < -0.4 is 4.74 Å². The van der Waals surface area contributed by atoms with E-state index < -0.39 is 44.3 Å². The van der Waals surface area contributed by atoms with Crippen LogP contribution in [0.1, 0.15) is 31.7 Å². The fourth-order valence-corrected chi connectivity index (χ4v) is 7.21. The minimum atomic E-state index is -4.21. The second-order valence-electron chi connectivity index (χ2n) is 8.08. The molecule has 0 aliphatic carbocycles. The van der Waals surface area contributed by atoms with E-state index in [0.717, 1.165) is 12.1 Å². The van der Waals surface area contributed by atoms with Crippen LogP contribution in [0.15, 0.2) is 41.3 Å². The summed E-state index contributed by atoms with van der Waals surface area (Å²) in [5.41, 5.74) is -0.288. The zero-order valence-electron chi connectivity index (χ0n) is 16.9. The summed E-state index contributed by atoms with van der Waals surface area (Å²) in [4.78, 5) is -0.0328. The molecule has 31 heavy (non-hydrogen) atoms. The number of ether oxygens (including phenoxy) is 2. The summed E-state index contributed by atoms with van der Waals surface area (Å²) in [6.45, 7) is 1.52. The third-order valence-corrected chi connectivity index (χ3v) is 9.03. The van der Waals surface area contributed by atoms with Gasteiger partial charge in [-0.1, -0.05) is 11.6 Å². The van der Waals surface area contributed by atoms with Crippen LogP contribution in [0.2, 0.25) is 5.02 Å². The second kappa shape index (κ2) is 8.31. The summed E-state index contributed by atoms with van der Waals surface area (Å²) in [6.07, 6.45) is -0.545. The molecular weight excluding hydrogens is 450 g/mol. The van der Waals surface area contributed by atoms with E-state index in [4.69, 9.17) is 21.1 Å². The van der Waals surface area contributed by atoms with Crippen LogP contribution in [0.25, 0.3) is 0 Å². The molecule has 2 unspecified atom stereocenters. The molecule has 168 valence electrons. The van der Waals surface area contributed by atoms with E-state index in [2.05, 4.69) is 0 Å². The molecule has 2 aliphatic heterocycles. The van der Waals surface area contributed by atoms with Crippen LogP contribution in [0.4, 0.5) is 8.78 Å². The van der Waals surface area contributed by atoms with Gasteiger partial charge in [0, 0.05) is 17.5 Å². The van der Waals surface area contributed by atoms with E-state index in [1.807, 2.05) is 0 Å². The highest BCUT2D eigenvalue weighted by molar-refractivity contribution is 7.92. The van der Waals surface area contributed by atoms with Crippen molar-refractivity contribution in [2.75, 3.05) is 13.2 Å². The van der Waals surface area contributed by atoms with Crippen molar-refractivity contribution in [2.45, 2.75) is 48.0 Å². The van der Waals surface area contributed by atoms with Gasteiger partial charge in [-0.25, -0.2) is 17.2 Å². The zero-order chi connectivity index (χ0) is 22.4. The summed E-state index contributed by atoms with van der Waals surface area (Å²) >= 11 is 5.94. The van der Waals surface area contributed by atoms with Gasteiger partial charge in [-0.2, -0.15) is 0 Å². The molecule has 5 nitrogen and oxygen atoms in total. The molecule has 0 amide bonds. The third-order valence-electron chi connectivity index (χ3n) is 6.21. The number of hydrogen-bond donors (Lipinski definition) is 1. The number of aliphatic hydroxyl groups excluding tert-OH is 1. The van der Waals surface area contributed by atoms with Gasteiger partial charge in [0.15, 0.2) is 21.4 Å². The van der Waals surface area contributed by atoms with Crippen molar-refractivity contribution >= 4 is 21.4 Å². The van der Waals surface area contributed by atoms with Gasteiger partial charge in [-0.15, -0.1) is 0 Å². The summed E-state index contributed by atoms with van der Waals surface area (Å²) in [7, 11) is -4.21. The first kappa shape index (κ1) is 22.5. The maximum absolute atomic E-state index is 15.2. The van der Waals surface area contributed by atoms with Crippen LogP contribution >= 0.6 is 11.6 Å². The average molecular weight is 473 g/mol. The van der Waals surface area contributed by atoms with Crippen molar-refractivity contribution in [3.05, 3.63) is 58.6 Å². The minimum absolute atomic E-state index is 0.0328. The summed E-state index contributed by atoms with van der Waals surface area (Å²) in [5.74, 6) is -2.81. The van der Waals surface area contributed by atoms with Gasteiger partial charge in [0.25, 0.3) is 0 Å². The van der Waals surface area contributed by atoms with Gasteiger partial charge >= 0.3 is 0 Å². The summed E-state index contributed by atoms with van der Waals surface area (Å²) in [6, 6.07) is 7.51. The molecule has 0 radical (unpaired) electrons. The molecule has 9 heteroatoms. The smallest absolute Gasteiger partial charge is 0.189 e. The molecule has 4 atom stereocenters. The zero-order valence-corrected chi connectivity index (χ0v) is 18.4. The van der Waals surface area contributed by atoms with Crippen LogP contribution in [0.3, 0.4) is 0 Å². The Balaban J connectivity index is 1.95. The normalized spacial score (nSPS) is 26.5. The van der Waals surface area contributed by atoms with Gasteiger partial charge in [-0.3, -0.25) is 0 Å².